The third-order valence-corrected chi connectivity index (χ3v) is 4.44. The first-order valence-corrected chi connectivity index (χ1v) is 8.04. The van der Waals surface area contributed by atoms with Crippen LogP contribution in [0.3, 0.4) is 0 Å². The van der Waals surface area contributed by atoms with Gasteiger partial charge in [0, 0.05) is 32.1 Å². The highest BCUT2D eigenvalue weighted by Crippen LogP contribution is 2.21. The van der Waals surface area contributed by atoms with Gasteiger partial charge >= 0.3 is 12.0 Å². The molecule has 0 bridgehead atoms. The first-order valence-electron chi connectivity index (χ1n) is 8.04. The molecule has 0 spiro atoms. The van der Waals surface area contributed by atoms with E-state index in [1.54, 1.807) is 0 Å². The zero-order valence-corrected chi connectivity index (χ0v) is 12.9. The molecule has 0 saturated carbocycles. The van der Waals surface area contributed by atoms with Gasteiger partial charge in [-0.3, -0.25) is 4.79 Å². The monoisotopic (exact) mass is 297 g/mol. The fourth-order valence-corrected chi connectivity index (χ4v) is 3.28. The Hall–Kier alpha value is -1.30. The number of carbonyl (C=O) groups is 2. The molecule has 2 aliphatic heterocycles. The molecule has 2 N–H and O–H groups in total. The van der Waals surface area contributed by atoms with E-state index in [1.165, 1.54) is 12.8 Å². The molecule has 2 aliphatic rings. The summed E-state index contributed by atoms with van der Waals surface area (Å²) >= 11 is 0. The second-order valence-electron chi connectivity index (χ2n) is 6.39. The van der Waals surface area contributed by atoms with Gasteiger partial charge in [0.15, 0.2) is 0 Å². The smallest absolute Gasteiger partial charge is 0.317 e. The van der Waals surface area contributed by atoms with Gasteiger partial charge in [0.25, 0.3) is 0 Å². The predicted molar refractivity (Wildman–Crippen MR) is 80.2 cm³/mol. The minimum absolute atomic E-state index is 0.000443. The lowest BCUT2D eigenvalue weighted by molar-refractivity contribution is -0.137. The number of rotatable bonds is 6. The zero-order valence-electron chi connectivity index (χ0n) is 12.9. The van der Waals surface area contributed by atoms with Crippen LogP contribution in [0.2, 0.25) is 0 Å². The van der Waals surface area contributed by atoms with E-state index in [4.69, 9.17) is 5.11 Å². The van der Waals surface area contributed by atoms with E-state index < -0.39 is 5.97 Å². The molecule has 0 aromatic rings. The van der Waals surface area contributed by atoms with Gasteiger partial charge in [0.05, 0.1) is 0 Å². The first-order chi connectivity index (χ1) is 10.0. The summed E-state index contributed by atoms with van der Waals surface area (Å²) in [4.78, 5) is 27.0. The number of amides is 2. The molecule has 120 valence electrons. The van der Waals surface area contributed by atoms with Gasteiger partial charge in [-0.15, -0.1) is 0 Å². The molecule has 0 aromatic heterocycles. The number of carbonyl (C=O) groups excluding carboxylic acids is 1. The van der Waals surface area contributed by atoms with Crippen LogP contribution in [0, 0.1) is 5.92 Å². The van der Waals surface area contributed by atoms with Gasteiger partial charge in [0.1, 0.15) is 0 Å². The normalized spacial score (nSPS) is 24.2. The lowest BCUT2D eigenvalue weighted by Crippen LogP contribution is -2.46. The van der Waals surface area contributed by atoms with Crippen molar-refractivity contribution in [1.29, 1.82) is 0 Å². The maximum Gasteiger partial charge on any atom is 0.317 e. The van der Waals surface area contributed by atoms with E-state index in [0.29, 0.717) is 18.9 Å². The van der Waals surface area contributed by atoms with Crippen molar-refractivity contribution in [3.05, 3.63) is 0 Å². The minimum atomic E-state index is -0.753. The molecule has 2 atom stereocenters. The van der Waals surface area contributed by atoms with E-state index in [1.807, 2.05) is 11.8 Å². The van der Waals surface area contributed by atoms with E-state index in [2.05, 4.69) is 10.2 Å². The number of carboxylic acid groups (broad SMARTS) is 1. The summed E-state index contributed by atoms with van der Waals surface area (Å²) in [5, 5.41) is 11.8. The molecule has 2 amide bonds. The summed E-state index contributed by atoms with van der Waals surface area (Å²) in [5.41, 5.74) is 0. The summed E-state index contributed by atoms with van der Waals surface area (Å²) in [7, 11) is 0. The lowest BCUT2D eigenvalue weighted by Gasteiger charge is -2.24. The topological polar surface area (TPSA) is 72.9 Å². The molecule has 2 unspecified atom stereocenters. The number of hydrogen-bond donors (Lipinski definition) is 2. The Bertz CT molecular complexity index is 369. The molecule has 0 radical (unpaired) electrons. The Balaban J connectivity index is 1.67. The number of aliphatic carboxylic acids is 1. The number of likely N-dealkylation sites (tertiary alicyclic amines) is 2. The standard InChI is InChI=1S/C15H27N3O3/c1-12(10-17-7-2-3-8-17)16-15(21)18-9-6-13(11-18)4-5-14(19)20/h12-13H,2-11H2,1H3,(H,16,21)(H,19,20). The number of nitrogens with one attached hydrogen (secondary N) is 1. The Morgan fingerprint density at radius 3 is 2.67 bits per heavy atom. The summed E-state index contributed by atoms with van der Waals surface area (Å²) < 4.78 is 0. The third kappa shape index (κ3) is 5.19. The fourth-order valence-electron chi connectivity index (χ4n) is 3.28. The number of urea groups is 1. The summed E-state index contributed by atoms with van der Waals surface area (Å²) in [6.45, 7) is 6.68. The highest BCUT2D eigenvalue weighted by molar-refractivity contribution is 5.74. The van der Waals surface area contributed by atoms with Crippen LogP contribution in [-0.2, 0) is 4.79 Å². The van der Waals surface area contributed by atoms with E-state index in [0.717, 1.165) is 32.6 Å². The van der Waals surface area contributed by atoms with Crippen LogP contribution in [0.5, 0.6) is 0 Å². The quantitative estimate of drug-likeness (QED) is 0.776. The first kappa shape index (κ1) is 16.1. The van der Waals surface area contributed by atoms with Crippen LogP contribution in [0.25, 0.3) is 0 Å². The average Bonchev–Trinajstić information content (AvgIpc) is 3.06. The van der Waals surface area contributed by atoms with Crippen molar-refractivity contribution in [2.75, 3.05) is 32.7 Å². The molecule has 2 heterocycles. The van der Waals surface area contributed by atoms with E-state index >= 15 is 0 Å². The van der Waals surface area contributed by atoms with Crippen LogP contribution in [0.1, 0.15) is 39.0 Å². The van der Waals surface area contributed by atoms with Crippen molar-refractivity contribution in [2.45, 2.75) is 45.1 Å². The number of nitrogens with zero attached hydrogens (tertiary/aromatic N) is 2. The molecule has 6 heteroatoms. The Morgan fingerprint density at radius 2 is 2.00 bits per heavy atom. The highest BCUT2D eigenvalue weighted by atomic mass is 16.4. The largest absolute Gasteiger partial charge is 0.481 e. The van der Waals surface area contributed by atoms with Crippen molar-refractivity contribution in [3.8, 4) is 0 Å². The summed E-state index contributed by atoms with van der Waals surface area (Å²) in [6.07, 6.45) is 4.31. The number of hydrogen-bond acceptors (Lipinski definition) is 3. The van der Waals surface area contributed by atoms with E-state index in [-0.39, 0.29) is 18.5 Å². The van der Waals surface area contributed by atoms with Gasteiger partial charge in [0.2, 0.25) is 0 Å². The second-order valence-corrected chi connectivity index (χ2v) is 6.39. The summed E-state index contributed by atoms with van der Waals surface area (Å²) in [6, 6.07) is 0.160. The molecule has 0 aromatic carbocycles. The van der Waals surface area contributed by atoms with Crippen LogP contribution in [0.4, 0.5) is 4.79 Å². The molecule has 2 saturated heterocycles. The van der Waals surface area contributed by atoms with Gasteiger partial charge in [-0.25, -0.2) is 4.79 Å². The summed E-state index contributed by atoms with van der Waals surface area (Å²) in [5.74, 6) is -0.419. The maximum absolute atomic E-state index is 12.2. The molecule has 21 heavy (non-hydrogen) atoms. The van der Waals surface area contributed by atoms with Crippen LogP contribution in [0.15, 0.2) is 0 Å². The molecule has 2 fully saturated rings. The van der Waals surface area contributed by atoms with Gasteiger partial charge in [-0.1, -0.05) is 0 Å². The van der Waals surface area contributed by atoms with Crippen molar-refractivity contribution in [1.82, 2.24) is 15.1 Å². The predicted octanol–water partition coefficient (Wildman–Crippen LogP) is 1.37. The van der Waals surface area contributed by atoms with Crippen LogP contribution in [-0.4, -0.2) is 65.7 Å². The maximum atomic E-state index is 12.2. The second kappa shape index (κ2) is 7.64. The van der Waals surface area contributed by atoms with Crippen molar-refractivity contribution in [3.63, 3.8) is 0 Å². The Kier molecular flexibility index (Phi) is 5.85. The van der Waals surface area contributed by atoms with Crippen molar-refractivity contribution < 1.29 is 14.7 Å². The van der Waals surface area contributed by atoms with Gasteiger partial charge in [-0.2, -0.15) is 0 Å². The molecule has 0 aliphatic carbocycles. The fraction of sp³-hybridized carbons (Fsp3) is 0.867. The highest BCUT2D eigenvalue weighted by Gasteiger charge is 2.27. The molecule has 6 nitrogen and oxygen atoms in total. The lowest BCUT2D eigenvalue weighted by atomic mass is 10.0. The average molecular weight is 297 g/mol. The zero-order chi connectivity index (χ0) is 15.2. The third-order valence-electron chi connectivity index (χ3n) is 4.44. The Morgan fingerprint density at radius 1 is 1.29 bits per heavy atom. The van der Waals surface area contributed by atoms with Gasteiger partial charge in [-0.05, 0) is 51.6 Å². The Labute approximate surface area is 126 Å². The van der Waals surface area contributed by atoms with Crippen LogP contribution >= 0.6 is 0 Å². The number of carboxylic acids is 1. The van der Waals surface area contributed by atoms with Crippen molar-refractivity contribution >= 4 is 12.0 Å². The van der Waals surface area contributed by atoms with E-state index in [9.17, 15) is 9.59 Å². The SMILES string of the molecule is CC(CN1CCCC1)NC(=O)N1CCC(CCC(=O)O)C1. The van der Waals surface area contributed by atoms with Crippen LogP contribution < -0.4 is 5.32 Å². The minimum Gasteiger partial charge on any atom is -0.481 e. The van der Waals surface area contributed by atoms with Crippen molar-refractivity contribution in [2.24, 2.45) is 5.92 Å². The molecular formula is C15H27N3O3. The van der Waals surface area contributed by atoms with Gasteiger partial charge < -0.3 is 20.2 Å². The molecule has 2 rings (SSSR count). The molecular weight excluding hydrogens is 270 g/mol.